The van der Waals surface area contributed by atoms with Gasteiger partial charge in [0.2, 0.25) is 0 Å². The second kappa shape index (κ2) is 9.28. The van der Waals surface area contributed by atoms with Crippen molar-refractivity contribution in [3.8, 4) is 11.5 Å². The Morgan fingerprint density at radius 1 is 1.27 bits per heavy atom. The minimum Gasteiger partial charge on any atom is -0.490 e. The third kappa shape index (κ3) is 4.78. The summed E-state index contributed by atoms with van der Waals surface area (Å²) in [7, 11) is 0. The van der Waals surface area contributed by atoms with Crippen molar-refractivity contribution in [1.82, 2.24) is 10.2 Å². The van der Waals surface area contributed by atoms with Gasteiger partial charge in [0.1, 0.15) is 0 Å². The summed E-state index contributed by atoms with van der Waals surface area (Å²) in [5, 5.41) is 2.71. The van der Waals surface area contributed by atoms with Crippen molar-refractivity contribution in [3.05, 3.63) is 22.7 Å². The van der Waals surface area contributed by atoms with Crippen LogP contribution in [-0.2, 0) is 9.53 Å². The van der Waals surface area contributed by atoms with Gasteiger partial charge in [0, 0.05) is 13.1 Å². The lowest BCUT2D eigenvalue weighted by atomic mass is 10.2. The first-order valence-corrected chi connectivity index (χ1v) is 8.70. The third-order valence-corrected chi connectivity index (χ3v) is 3.76. The first-order chi connectivity index (χ1) is 12.5. The first kappa shape index (κ1) is 19.8. The topological polar surface area (TPSA) is 94.2 Å². The van der Waals surface area contributed by atoms with Gasteiger partial charge in [0.15, 0.2) is 18.1 Å². The Morgan fingerprint density at radius 2 is 2.04 bits per heavy atom. The predicted octanol–water partition coefficient (Wildman–Crippen LogP) is 2.24. The average Bonchev–Trinajstić information content (AvgIpc) is 3.05. The normalized spacial score (nSPS) is 13.3. The molecule has 0 spiro atoms. The van der Waals surface area contributed by atoms with Crippen LogP contribution in [0.4, 0.5) is 4.79 Å². The monoisotopic (exact) mass is 384 g/mol. The van der Waals surface area contributed by atoms with Gasteiger partial charge in [-0.25, -0.2) is 9.59 Å². The van der Waals surface area contributed by atoms with E-state index in [0.29, 0.717) is 31.3 Å². The minimum atomic E-state index is -0.747. The molecule has 0 unspecified atom stereocenters. The number of nitrogens with one attached hydrogen (secondary N) is 1. The SMILES string of the molecule is CCCOc1c(Cl)cc(C(=O)OCC(=O)N2CCNC2=O)cc1OCC. The number of halogens is 1. The van der Waals surface area contributed by atoms with E-state index in [1.165, 1.54) is 12.1 Å². The van der Waals surface area contributed by atoms with E-state index in [9.17, 15) is 14.4 Å². The molecule has 0 aromatic heterocycles. The largest absolute Gasteiger partial charge is 0.490 e. The number of hydrogen-bond donors (Lipinski definition) is 1. The molecule has 1 fully saturated rings. The third-order valence-electron chi connectivity index (χ3n) is 3.48. The lowest BCUT2D eigenvalue weighted by Crippen LogP contribution is -2.37. The van der Waals surface area contributed by atoms with Crippen LogP contribution >= 0.6 is 11.6 Å². The van der Waals surface area contributed by atoms with Crippen molar-refractivity contribution in [2.24, 2.45) is 0 Å². The molecular formula is C17H21ClN2O6. The van der Waals surface area contributed by atoms with Gasteiger partial charge in [-0.1, -0.05) is 18.5 Å². The van der Waals surface area contributed by atoms with Gasteiger partial charge in [-0.2, -0.15) is 0 Å². The molecule has 1 aromatic carbocycles. The highest BCUT2D eigenvalue weighted by Crippen LogP contribution is 2.37. The number of esters is 1. The Bertz CT molecular complexity index is 694. The summed E-state index contributed by atoms with van der Waals surface area (Å²) in [6.07, 6.45) is 0.790. The van der Waals surface area contributed by atoms with Crippen LogP contribution in [0.1, 0.15) is 30.6 Å². The highest BCUT2D eigenvalue weighted by atomic mass is 35.5. The Balaban J connectivity index is 2.07. The van der Waals surface area contributed by atoms with Crippen LogP contribution in [0.3, 0.4) is 0 Å². The highest BCUT2D eigenvalue weighted by molar-refractivity contribution is 6.32. The lowest BCUT2D eigenvalue weighted by molar-refractivity contribution is -0.130. The fraction of sp³-hybridized carbons (Fsp3) is 0.471. The molecule has 1 aromatic rings. The fourth-order valence-corrected chi connectivity index (χ4v) is 2.56. The van der Waals surface area contributed by atoms with E-state index in [1.807, 2.05) is 6.92 Å². The van der Waals surface area contributed by atoms with Gasteiger partial charge in [-0.05, 0) is 25.5 Å². The molecule has 2 rings (SSSR count). The standard InChI is InChI=1S/C17H21ClN2O6/c1-3-7-25-15-12(18)8-11(9-13(15)24-4-2)16(22)26-10-14(21)20-6-5-19-17(20)23/h8-9H,3-7,10H2,1-2H3,(H,19,23). The van der Waals surface area contributed by atoms with E-state index in [4.69, 9.17) is 25.8 Å². The highest BCUT2D eigenvalue weighted by Gasteiger charge is 2.27. The number of nitrogens with zero attached hydrogens (tertiary/aromatic N) is 1. The van der Waals surface area contributed by atoms with Crippen LogP contribution in [0.15, 0.2) is 12.1 Å². The molecule has 8 nitrogen and oxygen atoms in total. The molecule has 3 amide bonds. The Kier molecular flexibility index (Phi) is 7.08. The number of hydrogen-bond acceptors (Lipinski definition) is 6. The predicted molar refractivity (Wildman–Crippen MR) is 93.8 cm³/mol. The number of ether oxygens (including phenoxy) is 3. The molecule has 0 radical (unpaired) electrons. The van der Waals surface area contributed by atoms with Crippen LogP contribution in [0.25, 0.3) is 0 Å². The zero-order valence-electron chi connectivity index (χ0n) is 14.7. The summed E-state index contributed by atoms with van der Waals surface area (Å²) in [4.78, 5) is 36.6. The quantitative estimate of drug-likeness (QED) is 0.691. The van der Waals surface area contributed by atoms with Crippen molar-refractivity contribution < 1.29 is 28.6 Å². The molecule has 1 saturated heterocycles. The van der Waals surface area contributed by atoms with Gasteiger partial charge >= 0.3 is 12.0 Å². The molecule has 1 aliphatic rings. The molecule has 142 valence electrons. The van der Waals surface area contributed by atoms with Crippen LogP contribution in [0.5, 0.6) is 11.5 Å². The summed E-state index contributed by atoms with van der Waals surface area (Å²) in [5.74, 6) is -0.655. The average molecular weight is 385 g/mol. The molecule has 26 heavy (non-hydrogen) atoms. The van der Waals surface area contributed by atoms with Crippen molar-refractivity contribution in [1.29, 1.82) is 0 Å². The summed E-state index contributed by atoms with van der Waals surface area (Å²) in [5.41, 5.74) is 0.126. The second-order valence-electron chi connectivity index (χ2n) is 5.42. The fourth-order valence-electron chi connectivity index (χ4n) is 2.29. The van der Waals surface area contributed by atoms with E-state index in [0.717, 1.165) is 11.3 Å². The maximum absolute atomic E-state index is 12.2. The summed E-state index contributed by atoms with van der Waals surface area (Å²) >= 11 is 6.19. The number of carbonyl (C=O) groups excluding carboxylic acids is 3. The molecule has 0 atom stereocenters. The zero-order chi connectivity index (χ0) is 19.1. The van der Waals surface area contributed by atoms with Crippen molar-refractivity contribution in [2.75, 3.05) is 32.9 Å². The number of benzene rings is 1. The lowest BCUT2D eigenvalue weighted by Gasteiger charge is -2.15. The molecule has 0 saturated carbocycles. The number of amides is 3. The van der Waals surface area contributed by atoms with Crippen LogP contribution in [0.2, 0.25) is 5.02 Å². The number of imide groups is 1. The van der Waals surface area contributed by atoms with Gasteiger partial charge in [-0.3, -0.25) is 9.69 Å². The van der Waals surface area contributed by atoms with Crippen LogP contribution in [-0.4, -0.2) is 55.7 Å². The van der Waals surface area contributed by atoms with E-state index in [1.54, 1.807) is 6.92 Å². The molecule has 0 bridgehead atoms. The van der Waals surface area contributed by atoms with E-state index >= 15 is 0 Å². The van der Waals surface area contributed by atoms with Crippen molar-refractivity contribution in [2.45, 2.75) is 20.3 Å². The molecule has 1 N–H and O–H groups in total. The van der Waals surface area contributed by atoms with Gasteiger partial charge in [0.25, 0.3) is 5.91 Å². The second-order valence-corrected chi connectivity index (χ2v) is 5.83. The van der Waals surface area contributed by atoms with E-state index in [2.05, 4.69) is 5.32 Å². The maximum atomic E-state index is 12.2. The summed E-state index contributed by atoms with van der Waals surface area (Å²) in [6.45, 7) is 4.65. The number of urea groups is 1. The summed E-state index contributed by atoms with van der Waals surface area (Å²) < 4.78 is 16.0. The Morgan fingerprint density at radius 3 is 2.65 bits per heavy atom. The zero-order valence-corrected chi connectivity index (χ0v) is 15.4. The smallest absolute Gasteiger partial charge is 0.338 e. The maximum Gasteiger partial charge on any atom is 0.338 e. The Hall–Kier alpha value is -2.48. The summed E-state index contributed by atoms with van der Waals surface area (Å²) in [6, 6.07) is 2.35. The van der Waals surface area contributed by atoms with Crippen molar-refractivity contribution in [3.63, 3.8) is 0 Å². The van der Waals surface area contributed by atoms with Crippen LogP contribution < -0.4 is 14.8 Å². The Labute approximate surface area is 156 Å². The molecule has 1 aliphatic heterocycles. The van der Waals surface area contributed by atoms with Gasteiger partial charge in [-0.15, -0.1) is 0 Å². The van der Waals surface area contributed by atoms with Crippen molar-refractivity contribution >= 4 is 29.5 Å². The van der Waals surface area contributed by atoms with Gasteiger partial charge < -0.3 is 19.5 Å². The van der Waals surface area contributed by atoms with E-state index in [-0.39, 0.29) is 17.1 Å². The molecule has 0 aliphatic carbocycles. The van der Waals surface area contributed by atoms with Crippen LogP contribution in [0, 0.1) is 0 Å². The molecule has 1 heterocycles. The number of carbonyl (C=O) groups is 3. The number of rotatable bonds is 8. The first-order valence-electron chi connectivity index (χ1n) is 8.32. The molecular weight excluding hydrogens is 364 g/mol. The van der Waals surface area contributed by atoms with Gasteiger partial charge in [0.05, 0.1) is 23.8 Å². The minimum absolute atomic E-state index is 0.126. The molecule has 9 heteroatoms. The van der Waals surface area contributed by atoms with E-state index < -0.39 is 24.5 Å².